The van der Waals surface area contributed by atoms with Crippen LogP contribution < -0.4 is 15.5 Å². The molecule has 202 valence electrons. The summed E-state index contributed by atoms with van der Waals surface area (Å²) >= 11 is 0. The zero-order valence-electron chi connectivity index (χ0n) is 21.7. The predicted molar refractivity (Wildman–Crippen MR) is 144 cm³/mol. The van der Waals surface area contributed by atoms with E-state index in [1.165, 1.54) is 7.11 Å². The predicted octanol–water partition coefficient (Wildman–Crippen LogP) is 2.80. The Kier molecular flexibility index (Phi) is 6.56. The molecule has 2 aromatic carbocycles. The summed E-state index contributed by atoms with van der Waals surface area (Å²) in [7, 11) is 1.32. The quantitative estimate of drug-likeness (QED) is 0.436. The fourth-order valence-corrected chi connectivity index (χ4v) is 5.83. The standard InChI is InChI=1S/C29H30N4O6/c1-38-29(37)18-4-6-21-22(14-18)31-28(36)26(21)27(19-9-12-39-16-19)30-20-5-7-23-17(13-20)8-11-33(23)25(35)15-32-10-2-3-24(32)34/h4-7,13-14,19,30H,2-3,8-12,15-16H2,1H3,(H,31,36)/b27-26-. The molecule has 3 amide bonds. The molecule has 0 spiro atoms. The van der Waals surface area contributed by atoms with Crippen LogP contribution in [0, 0.1) is 5.92 Å². The van der Waals surface area contributed by atoms with Crippen LogP contribution in [-0.4, -0.2) is 68.5 Å². The molecule has 2 fully saturated rings. The monoisotopic (exact) mass is 530 g/mol. The van der Waals surface area contributed by atoms with E-state index in [0.717, 1.165) is 41.0 Å². The number of hydrogen-bond acceptors (Lipinski definition) is 7. The van der Waals surface area contributed by atoms with Gasteiger partial charge in [0.25, 0.3) is 5.91 Å². The molecule has 1 atom stereocenters. The fourth-order valence-electron chi connectivity index (χ4n) is 5.83. The maximum atomic E-state index is 13.2. The molecular formula is C29H30N4O6. The van der Waals surface area contributed by atoms with Gasteiger partial charge in [-0.3, -0.25) is 14.4 Å². The van der Waals surface area contributed by atoms with Crippen LogP contribution in [0.15, 0.2) is 42.1 Å². The zero-order valence-corrected chi connectivity index (χ0v) is 21.7. The van der Waals surface area contributed by atoms with E-state index in [4.69, 9.17) is 9.47 Å². The van der Waals surface area contributed by atoms with Gasteiger partial charge in [-0.05, 0) is 55.2 Å². The Labute approximate surface area is 225 Å². The van der Waals surface area contributed by atoms with Crippen LogP contribution in [0.25, 0.3) is 5.57 Å². The molecule has 2 N–H and O–H groups in total. The highest BCUT2D eigenvalue weighted by molar-refractivity contribution is 6.32. The normalized spacial score (nSPS) is 21.1. The van der Waals surface area contributed by atoms with Crippen molar-refractivity contribution in [3.63, 3.8) is 0 Å². The highest BCUT2D eigenvalue weighted by Crippen LogP contribution is 2.39. The minimum Gasteiger partial charge on any atom is -0.465 e. The molecule has 4 heterocycles. The maximum Gasteiger partial charge on any atom is 0.337 e. The molecule has 1 unspecified atom stereocenters. The lowest BCUT2D eigenvalue weighted by Gasteiger charge is -2.22. The zero-order chi connectivity index (χ0) is 27.1. The van der Waals surface area contributed by atoms with Crippen molar-refractivity contribution in [1.82, 2.24) is 4.90 Å². The number of fused-ring (bicyclic) bond motifs is 2. The van der Waals surface area contributed by atoms with Crippen molar-refractivity contribution in [3.05, 3.63) is 58.8 Å². The number of ether oxygens (including phenoxy) is 2. The van der Waals surface area contributed by atoms with Crippen molar-refractivity contribution in [2.24, 2.45) is 5.92 Å². The molecule has 2 saturated heterocycles. The minimum absolute atomic E-state index is 0.00122. The number of carbonyl (C=O) groups is 4. The number of likely N-dealkylation sites (tertiary alicyclic amines) is 1. The van der Waals surface area contributed by atoms with Gasteiger partial charge in [0.1, 0.15) is 6.54 Å². The number of esters is 1. The van der Waals surface area contributed by atoms with Crippen LogP contribution in [0.5, 0.6) is 0 Å². The number of rotatable bonds is 6. The van der Waals surface area contributed by atoms with Crippen molar-refractivity contribution in [2.45, 2.75) is 25.7 Å². The first-order chi connectivity index (χ1) is 18.9. The van der Waals surface area contributed by atoms with Gasteiger partial charge >= 0.3 is 5.97 Å². The lowest BCUT2D eigenvalue weighted by molar-refractivity contribution is -0.132. The number of carbonyl (C=O) groups excluding carboxylic acids is 4. The number of nitrogens with one attached hydrogen (secondary N) is 2. The number of hydrogen-bond donors (Lipinski definition) is 2. The third-order valence-electron chi connectivity index (χ3n) is 7.85. The van der Waals surface area contributed by atoms with Gasteiger partial charge in [-0.2, -0.15) is 0 Å². The van der Waals surface area contributed by atoms with Gasteiger partial charge in [-0.15, -0.1) is 0 Å². The Balaban J connectivity index is 1.28. The minimum atomic E-state index is -0.468. The number of anilines is 3. The molecule has 0 aromatic heterocycles. The third-order valence-corrected chi connectivity index (χ3v) is 7.85. The summed E-state index contributed by atoms with van der Waals surface area (Å²) in [5, 5.41) is 6.40. The molecular weight excluding hydrogens is 500 g/mol. The van der Waals surface area contributed by atoms with E-state index in [1.54, 1.807) is 28.0 Å². The Hall–Kier alpha value is -4.18. The van der Waals surface area contributed by atoms with Crippen LogP contribution in [0.1, 0.15) is 40.7 Å². The summed E-state index contributed by atoms with van der Waals surface area (Å²) in [6.45, 7) is 2.43. The summed E-state index contributed by atoms with van der Waals surface area (Å²) in [4.78, 5) is 53.6. The van der Waals surface area contributed by atoms with E-state index >= 15 is 0 Å². The molecule has 0 radical (unpaired) electrons. The summed E-state index contributed by atoms with van der Waals surface area (Å²) < 4.78 is 10.5. The van der Waals surface area contributed by atoms with E-state index in [0.29, 0.717) is 56.0 Å². The molecule has 0 aliphatic carbocycles. The second-order valence-corrected chi connectivity index (χ2v) is 10.2. The topological polar surface area (TPSA) is 117 Å². The number of methoxy groups -OCH3 is 1. The van der Waals surface area contributed by atoms with Gasteiger partial charge in [0.05, 0.1) is 30.5 Å². The van der Waals surface area contributed by atoms with Crippen LogP contribution >= 0.6 is 0 Å². The summed E-state index contributed by atoms with van der Waals surface area (Å²) in [6, 6.07) is 10.9. The van der Waals surface area contributed by atoms with E-state index in [1.807, 2.05) is 18.2 Å². The van der Waals surface area contributed by atoms with Crippen molar-refractivity contribution < 1.29 is 28.7 Å². The number of benzene rings is 2. The molecule has 4 aliphatic rings. The average Bonchev–Trinajstić information content (AvgIpc) is 3.73. The Morgan fingerprint density at radius 1 is 1.13 bits per heavy atom. The highest BCUT2D eigenvalue weighted by atomic mass is 16.5. The molecule has 2 aromatic rings. The summed E-state index contributed by atoms with van der Waals surface area (Å²) in [5.74, 6) is -0.735. The van der Waals surface area contributed by atoms with Crippen LogP contribution in [0.2, 0.25) is 0 Å². The van der Waals surface area contributed by atoms with E-state index in [9.17, 15) is 19.2 Å². The largest absolute Gasteiger partial charge is 0.465 e. The smallest absolute Gasteiger partial charge is 0.337 e. The van der Waals surface area contributed by atoms with Crippen molar-refractivity contribution in [3.8, 4) is 0 Å². The average molecular weight is 531 g/mol. The van der Waals surface area contributed by atoms with Crippen molar-refractivity contribution in [2.75, 3.05) is 55.5 Å². The first kappa shape index (κ1) is 25.1. The van der Waals surface area contributed by atoms with Crippen LogP contribution in [0.3, 0.4) is 0 Å². The van der Waals surface area contributed by atoms with Gasteiger partial charge in [0.15, 0.2) is 0 Å². The first-order valence-corrected chi connectivity index (χ1v) is 13.3. The number of amides is 3. The van der Waals surface area contributed by atoms with Crippen molar-refractivity contribution >= 4 is 46.3 Å². The molecule has 39 heavy (non-hydrogen) atoms. The SMILES string of the molecule is COC(=O)c1ccc2c(c1)NC(=O)/C2=C(\Nc1ccc2c(c1)CCN2C(=O)CN1CCCC1=O)C1CCOC1. The third kappa shape index (κ3) is 4.65. The Morgan fingerprint density at radius 3 is 2.74 bits per heavy atom. The van der Waals surface area contributed by atoms with Gasteiger partial charge < -0.3 is 29.9 Å². The first-order valence-electron chi connectivity index (χ1n) is 13.3. The molecule has 0 saturated carbocycles. The molecule has 10 heteroatoms. The van der Waals surface area contributed by atoms with Crippen LogP contribution in [0.4, 0.5) is 17.1 Å². The fraction of sp³-hybridized carbons (Fsp3) is 0.379. The van der Waals surface area contributed by atoms with Gasteiger partial charge in [-0.25, -0.2) is 4.79 Å². The van der Waals surface area contributed by atoms with Gasteiger partial charge in [0.2, 0.25) is 11.8 Å². The van der Waals surface area contributed by atoms with E-state index in [-0.39, 0.29) is 30.2 Å². The number of nitrogens with zero attached hydrogens (tertiary/aromatic N) is 2. The van der Waals surface area contributed by atoms with Gasteiger partial charge in [-0.1, -0.05) is 6.07 Å². The molecule has 0 bridgehead atoms. The maximum absolute atomic E-state index is 13.2. The lowest BCUT2D eigenvalue weighted by Crippen LogP contribution is -2.40. The van der Waals surface area contributed by atoms with E-state index in [2.05, 4.69) is 10.6 Å². The van der Waals surface area contributed by atoms with Crippen molar-refractivity contribution in [1.29, 1.82) is 0 Å². The molecule has 10 nitrogen and oxygen atoms in total. The summed E-state index contributed by atoms with van der Waals surface area (Å²) in [6.07, 6.45) is 2.80. The van der Waals surface area contributed by atoms with Crippen LogP contribution in [-0.2, 0) is 30.3 Å². The lowest BCUT2D eigenvalue weighted by atomic mass is 9.94. The van der Waals surface area contributed by atoms with Gasteiger partial charge in [0, 0.05) is 54.7 Å². The summed E-state index contributed by atoms with van der Waals surface area (Å²) in [5.41, 5.74) is 5.66. The second-order valence-electron chi connectivity index (χ2n) is 10.2. The highest BCUT2D eigenvalue weighted by Gasteiger charge is 2.34. The Morgan fingerprint density at radius 2 is 2.00 bits per heavy atom. The Bertz CT molecular complexity index is 1410. The second kappa shape index (κ2) is 10.2. The van der Waals surface area contributed by atoms with E-state index < -0.39 is 5.97 Å². The molecule has 6 rings (SSSR count). The molecule has 4 aliphatic heterocycles.